The number of hydrogen-bond donors (Lipinski definition) is 7. The van der Waals surface area contributed by atoms with E-state index in [1.807, 2.05) is 65.0 Å². The summed E-state index contributed by atoms with van der Waals surface area (Å²) in [5, 5.41) is 12.0. The predicted molar refractivity (Wildman–Crippen MR) is 170 cm³/mol. The summed E-state index contributed by atoms with van der Waals surface area (Å²) in [7, 11) is -9.73. The van der Waals surface area contributed by atoms with Gasteiger partial charge in [0.15, 0.2) is 0 Å². The summed E-state index contributed by atoms with van der Waals surface area (Å²) in [4.78, 5) is 10.1. The van der Waals surface area contributed by atoms with E-state index in [4.69, 9.17) is 26.5 Å². The van der Waals surface area contributed by atoms with Crippen LogP contribution in [0.15, 0.2) is 64.4 Å². The van der Waals surface area contributed by atoms with Gasteiger partial charge in [0.05, 0.1) is 16.8 Å². The Morgan fingerprint density at radius 1 is 0.773 bits per heavy atom. The quantitative estimate of drug-likeness (QED) is 0.0869. The van der Waals surface area contributed by atoms with Crippen molar-refractivity contribution in [3.8, 4) is 16.9 Å². The van der Waals surface area contributed by atoms with Crippen molar-refractivity contribution in [2.75, 3.05) is 22.5 Å². The van der Waals surface area contributed by atoms with Crippen molar-refractivity contribution in [2.45, 2.75) is 50.0 Å². The number of aromatic hydroxyl groups is 1. The minimum Gasteiger partial charge on any atom is -0.505 e. The molecule has 0 aliphatic carbocycles. The molecule has 0 heterocycles. The Balaban J connectivity index is 0.000000241. The van der Waals surface area contributed by atoms with Gasteiger partial charge < -0.3 is 27.0 Å². The van der Waals surface area contributed by atoms with Gasteiger partial charge in [-0.05, 0) is 93.3 Å². The zero-order chi connectivity index (χ0) is 33.4. The summed E-state index contributed by atoms with van der Waals surface area (Å²) >= 11 is 0. The van der Waals surface area contributed by atoms with E-state index in [2.05, 4.69) is 11.4 Å². The number of phenols is 1. The number of fused-ring (bicyclic) bond motifs is 1. The van der Waals surface area contributed by atoms with E-state index >= 15 is 0 Å². The predicted octanol–water partition coefficient (Wildman–Crippen LogP) is 5.10. The minimum absolute atomic E-state index is 0.192. The number of carbonyl (C=O) groups excluding carboxylic acids is 1. The molecular formula is C29H34N4O9S2. The molecule has 0 atom stereocenters. The Labute approximate surface area is 255 Å². The van der Waals surface area contributed by atoms with Gasteiger partial charge in [-0.3, -0.25) is 14.4 Å². The first-order valence-electron chi connectivity index (χ1n) is 12.9. The van der Waals surface area contributed by atoms with E-state index in [1.54, 1.807) is 0 Å². The molecular weight excluding hydrogens is 612 g/mol. The van der Waals surface area contributed by atoms with Crippen LogP contribution in [0.3, 0.4) is 0 Å². The van der Waals surface area contributed by atoms with E-state index < -0.39 is 58.5 Å². The van der Waals surface area contributed by atoms with Crippen LogP contribution in [-0.4, -0.2) is 42.7 Å². The van der Waals surface area contributed by atoms with Crippen LogP contribution in [0.2, 0.25) is 0 Å². The maximum Gasteiger partial charge on any atom is 0.412 e. The SMILES string of the molecule is Cc1cc(-c2ccc(NC(=O)OC(C)(C)C)c(C)c2)ccc1N.Nc1ccc2c(S(=O)(=O)O)cc(S(=O)(=O)O)c(N)c2c1O. The lowest BCUT2D eigenvalue weighted by molar-refractivity contribution is 0.0635. The molecule has 15 heteroatoms. The molecule has 0 spiro atoms. The Morgan fingerprint density at radius 3 is 1.80 bits per heavy atom. The Bertz CT molecular complexity index is 1990. The Morgan fingerprint density at radius 2 is 1.30 bits per heavy atom. The van der Waals surface area contributed by atoms with E-state index in [-0.39, 0.29) is 11.1 Å². The largest absolute Gasteiger partial charge is 0.505 e. The second-order valence-electron chi connectivity index (χ2n) is 10.9. The number of carbonyl (C=O) groups is 1. The molecule has 4 aromatic carbocycles. The number of ether oxygens (including phenoxy) is 1. The highest BCUT2D eigenvalue weighted by molar-refractivity contribution is 7.87. The smallest absolute Gasteiger partial charge is 0.412 e. The second-order valence-corrected chi connectivity index (χ2v) is 13.7. The molecule has 0 aliphatic heterocycles. The Kier molecular flexibility index (Phi) is 9.41. The molecule has 13 nitrogen and oxygen atoms in total. The molecule has 0 aromatic heterocycles. The van der Waals surface area contributed by atoms with Crippen LogP contribution in [0.5, 0.6) is 5.75 Å². The number of benzene rings is 4. The minimum atomic E-state index is -4.89. The van der Waals surface area contributed by atoms with Gasteiger partial charge in [0.1, 0.15) is 21.1 Å². The molecule has 4 rings (SSSR count). The molecule has 0 fully saturated rings. The number of amides is 1. The highest BCUT2D eigenvalue weighted by atomic mass is 32.2. The van der Waals surface area contributed by atoms with Crippen molar-refractivity contribution in [1.82, 2.24) is 0 Å². The van der Waals surface area contributed by atoms with Crippen LogP contribution in [0.4, 0.5) is 27.5 Å². The molecule has 0 saturated heterocycles. The molecule has 0 saturated carbocycles. The molecule has 10 N–H and O–H groups in total. The molecule has 0 bridgehead atoms. The van der Waals surface area contributed by atoms with Crippen LogP contribution in [-0.2, 0) is 25.0 Å². The van der Waals surface area contributed by atoms with E-state index in [1.165, 1.54) is 0 Å². The molecule has 44 heavy (non-hydrogen) atoms. The first-order valence-corrected chi connectivity index (χ1v) is 15.7. The third kappa shape index (κ3) is 7.87. The average molecular weight is 647 g/mol. The lowest BCUT2D eigenvalue weighted by atomic mass is 10.00. The van der Waals surface area contributed by atoms with Crippen LogP contribution >= 0.6 is 0 Å². The van der Waals surface area contributed by atoms with Crippen molar-refractivity contribution < 1.29 is 40.6 Å². The average Bonchev–Trinajstić information content (AvgIpc) is 2.87. The van der Waals surface area contributed by atoms with E-state index in [0.29, 0.717) is 6.07 Å². The van der Waals surface area contributed by atoms with Gasteiger partial charge in [0.25, 0.3) is 20.2 Å². The maximum absolute atomic E-state index is 11.9. The molecule has 1 amide bonds. The summed E-state index contributed by atoms with van der Waals surface area (Å²) < 4.78 is 68.8. The summed E-state index contributed by atoms with van der Waals surface area (Å²) in [6, 6.07) is 14.7. The molecule has 236 valence electrons. The van der Waals surface area contributed by atoms with Gasteiger partial charge in [0.2, 0.25) is 0 Å². The zero-order valence-corrected chi connectivity index (χ0v) is 26.2. The topological polar surface area (TPSA) is 245 Å². The number of nitrogen functional groups attached to an aromatic ring is 3. The third-order valence-electron chi connectivity index (χ3n) is 6.29. The number of anilines is 4. The standard InChI is InChI=1S/C19H24N2O2.C10H10N2O7S2/c1-12-10-14(6-8-16(12)20)15-7-9-17(13(2)11-15)21-18(22)23-19(3,4)5;11-5-2-1-4-6(20(14,15)16)3-7(21(17,18)19)9(12)8(4)10(5)13/h6-11H,20H2,1-5H3,(H,21,22);1-3,13H,11-12H2,(H,14,15,16)(H,17,18,19). The van der Waals surface area contributed by atoms with Gasteiger partial charge in [0, 0.05) is 16.8 Å². The number of nitrogens with two attached hydrogens (primary N) is 3. The van der Waals surface area contributed by atoms with Gasteiger partial charge in [-0.1, -0.05) is 18.2 Å². The van der Waals surface area contributed by atoms with Crippen LogP contribution in [0.1, 0.15) is 31.9 Å². The number of nitrogens with one attached hydrogen (secondary N) is 1. The van der Waals surface area contributed by atoms with Crippen molar-refractivity contribution in [2.24, 2.45) is 0 Å². The van der Waals surface area contributed by atoms with Crippen molar-refractivity contribution in [3.05, 3.63) is 65.7 Å². The fourth-order valence-electron chi connectivity index (χ4n) is 4.16. The normalized spacial score (nSPS) is 11.9. The van der Waals surface area contributed by atoms with Gasteiger partial charge in [-0.2, -0.15) is 16.8 Å². The van der Waals surface area contributed by atoms with Gasteiger partial charge in [-0.25, -0.2) is 4.79 Å². The number of hydrogen-bond acceptors (Lipinski definition) is 10. The number of rotatable bonds is 4. The first-order chi connectivity index (χ1) is 20.1. The third-order valence-corrected chi connectivity index (χ3v) is 8.08. The van der Waals surface area contributed by atoms with Gasteiger partial charge >= 0.3 is 6.09 Å². The fraction of sp³-hybridized carbons (Fsp3) is 0.207. The summed E-state index contributed by atoms with van der Waals surface area (Å²) in [6.07, 6.45) is -0.448. The zero-order valence-electron chi connectivity index (χ0n) is 24.5. The maximum atomic E-state index is 11.9. The summed E-state index contributed by atoms with van der Waals surface area (Å²) in [5.74, 6) is -0.666. The van der Waals surface area contributed by atoms with E-state index in [9.17, 15) is 31.3 Å². The lowest BCUT2D eigenvalue weighted by Crippen LogP contribution is -2.27. The molecule has 0 aliphatic rings. The number of phenolic OH excluding ortho intramolecular Hbond substituents is 1. The lowest BCUT2D eigenvalue weighted by Gasteiger charge is -2.20. The van der Waals surface area contributed by atoms with Crippen LogP contribution in [0, 0.1) is 13.8 Å². The van der Waals surface area contributed by atoms with Crippen LogP contribution in [0.25, 0.3) is 21.9 Å². The summed E-state index contributed by atoms with van der Waals surface area (Å²) in [5.41, 5.74) is 21.3. The summed E-state index contributed by atoms with van der Waals surface area (Å²) in [6.45, 7) is 9.47. The molecule has 0 unspecified atom stereocenters. The van der Waals surface area contributed by atoms with Crippen molar-refractivity contribution in [3.63, 3.8) is 0 Å². The van der Waals surface area contributed by atoms with Crippen molar-refractivity contribution >= 4 is 59.9 Å². The highest BCUT2D eigenvalue weighted by Gasteiger charge is 2.26. The molecule has 4 aromatic rings. The Hall–Kier alpha value is -4.57. The first kappa shape index (κ1) is 33.9. The second kappa shape index (κ2) is 12.2. The number of aryl methyl sites for hydroxylation is 2. The monoisotopic (exact) mass is 646 g/mol. The van der Waals surface area contributed by atoms with Crippen molar-refractivity contribution in [1.29, 1.82) is 0 Å². The van der Waals surface area contributed by atoms with Crippen LogP contribution < -0.4 is 22.5 Å². The van der Waals surface area contributed by atoms with Gasteiger partial charge in [-0.15, -0.1) is 0 Å². The molecule has 0 radical (unpaired) electrons. The highest BCUT2D eigenvalue weighted by Crippen LogP contribution is 2.41. The fourth-order valence-corrected chi connectivity index (χ4v) is 5.60. The van der Waals surface area contributed by atoms with E-state index in [0.717, 1.165) is 45.8 Å².